The molecule has 0 aliphatic rings. The van der Waals surface area contributed by atoms with Crippen molar-refractivity contribution in [3.05, 3.63) is 107 Å². The summed E-state index contributed by atoms with van der Waals surface area (Å²) in [5.74, 6) is 0. The highest BCUT2D eigenvalue weighted by Gasteiger charge is 1.97. The normalized spacial score (nSPS) is 11.7. The molecule has 0 nitrogen and oxygen atoms in total. The maximum absolute atomic E-state index is 2.25. The summed E-state index contributed by atoms with van der Waals surface area (Å²) in [5.41, 5.74) is 4.88. The number of hydrogen-bond donors (Lipinski definition) is 0. The van der Waals surface area contributed by atoms with Gasteiger partial charge in [0.1, 0.15) is 0 Å². The molecule has 4 aromatic rings. The molecule has 0 amide bonds. The van der Waals surface area contributed by atoms with Crippen molar-refractivity contribution in [2.45, 2.75) is 9.79 Å². The van der Waals surface area contributed by atoms with Gasteiger partial charge < -0.3 is 0 Å². The van der Waals surface area contributed by atoms with Crippen LogP contribution in [0.25, 0.3) is 35.1 Å². The summed E-state index contributed by atoms with van der Waals surface area (Å²) in [6.45, 7) is 0. The van der Waals surface area contributed by atoms with E-state index in [9.17, 15) is 0 Å². The minimum Gasteiger partial charge on any atom is -0.130 e. The van der Waals surface area contributed by atoms with Crippen LogP contribution in [-0.4, -0.2) is 12.5 Å². The summed E-state index contributed by atoms with van der Waals surface area (Å²) >= 11 is 3.54. The van der Waals surface area contributed by atoms with Gasteiger partial charge in [0.05, 0.1) is 0 Å². The first-order valence-corrected chi connectivity index (χ1v) is 12.4. The van der Waals surface area contributed by atoms with Gasteiger partial charge in [-0.3, -0.25) is 0 Å². The molecule has 2 heteroatoms. The van der Waals surface area contributed by atoms with Crippen LogP contribution in [0.2, 0.25) is 0 Å². The molecule has 0 atom stereocenters. The van der Waals surface area contributed by atoms with E-state index in [2.05, 4.69) is 122 Å². The molecule has 30 heavy (non-hydrogen) atoms. The second-order valence-electron chi connectivity index (χ2n) is 7.08. The maximum Gasteiger partial charge on any atom is 0.00695 e. The largest absolute Gasteiger partial charge is 0.130 e. The van der Waals surface area contributed by atoms with Crippen LogP contribution in [0, 0.1) is 0 Å². The molecule has 0 N–H and O–H groups in total. The lowest BCUT2D eigenvalue weighted by Gasteiger charge is -2.03. The quantitative estimate of drug-likeness (QED) is 0.224. The summed E-state index contributed by atoms with van der Waals surface area (Å²) in [7, 11) is 0. The van der Waals surface area contributed by atoms with Crippen LogP contribution >= 0.6 is 23.5 Å². The summed E-state index contributed by atoms with van der Waals surface area (Å²) in [6.07, 6.45) is 12.9. The van der Waals surface area contributed by atoms with Crippen molar-refractivity contribution in [2.24, 2.45) is 0 Å². The van der Waals surface area contributed by atoms with Crippen LogP contribution in [0.5, 0.6) is 0 Å². The van der Waals surface area contributed by atoms with Gasteiger partial charge in [-0.2, -0.15) is 0 Å². The molecule has 0 aliphatic carbocycles. The lowest BCUT2D eigenvalue weighted by Crippen LogP contribution is -1.79. The summed E-state index contributed by atoms with van der Waals surface area (Å²) < 4.78 is 0. The fourth-order valence-electron chi connectivity index (χ4n) is 3.30. The van der Waals surface area contributed by atoms with Crippen molar-refractivity contribution in [1.29, 1.82) is 0 Å². The number of benzene rings is 4. The number of thioether (sulfide) groups is 2. The van der Waals surface area contributed by atoms with Crippen LogP contribution in [0.1, 0.15) is 22.3 Å². The van der Waals surface area contributed by atoms with E-state index < -0.39 is 0 Å². The molecule has 0 aromatic heterocycles. The van der Waals surface area contributed by atoms with Crippen molar-refractivity contribution < 1.29 is 0 Å². The minimum atomic E-state index is 1.22. The summed E-state index contributed by atoms with van der Waals surface area (Å²) in [6, 6.07) is 30.6. The van der Waals surface area contributed by atoms with Crippen LogP contribution in [-0.2, 0) is 0 Å². The van der Waals surface area contributed by atoms with Crippen LogP contribution in [0.15, 0.2) is 94.7 Å². The first-order valence-electron chi connectivity index (χ1n) is 9.91. The molecular formula is C28H24S2. The molecule has 4 aromatic carbocycles. The zero-order valence-electron chi connectivity index (χ0n) is 17.2. The smallest absolute Gasteiger partial charge is 0.00695 e. The molecule has 0 unspecified atom stereocenters. The molecule has 0 radical (unpaired) electrons. The average molecular weight is 425 g/mol. The molecule has 0 saturated heterocycles. The minimum absolute atomic E-state index is 1.22. The zero-order valence-corrected chi connectivity index (χ0v) is 18.8. The highest BCUT2D eigenvalue weighted by Crippen LogP contribution is 2.22. The van der Waals surface area contributed by atoms with E-state index in [1.165, 1.54) is 42.8 Å². The molecular weight excluding hydrogens is 400 g/mol. The highest BCUT2D eigenvalue weighted by molar-refractivity contribution is 7.98. The Morgan fingerprint density at radius 3 is 1.13 bits per heavy atom. The van der Waals surface area contributed by atoms with Crippen molar-refractivity contribution in [2.75, 3.05) is 12.5 Å². The first-order chi connectivity index (χ1) is 14.7. The molecule has 4 rings (SSSR count). The van der Waals surface area contributed by atoms with E-state index in [4.69, 9.17) is 0 Å². The Morgan fingerprint density at radius 1 is 0.433 bits per heavy atom. The number of rotatable bonds is 6. The molecule has 0 bridgehead atoms. The fraction of sp³-hybridized carbons (Fsp3) is 0.0714. The second-order valence-corrected chi connectivity index (χ2v) is 8.84. The predicted molar refractivity (Wildman–Crippen MR) is 138 cm³/mol. The Labute approximate surface area is 187 Å². The van der Waals surface area contributed by atoms with Crippen LogP contribution in [0.3, 0.4) is 0 Å². The van der Waals surface area contributed by atoms with E-state index in [-0.39, 0.29) is 0 Å². The van der Waals surface area contributed by atoms with E-state index >= 15 is 0 Å². The average Bonchev–Trinajstić information content (AvgIpc) is 2.82. The second kappa shape index (κ2) is 9.88. The van der Waals surface area contributed by atoms with E-state index in [1.54, 1.807) is 23.5 Å². The Hall–Kier alpha value is -2.68. The van der Waals surface area contributed by atoms with Crippen molar-refractivity contribution >= 4 is 58.6 Å². The molecule has 0 heterocycles. The van der Waals surface area contributed by atoms with E-state index in [0.717, 1.165) is 0 Å². The molecule has 0 saturated carbocycles. The van der Waals surface area contributed by atoms with Gasteiger partial charge in [0.2, 0.25) is 0 Å². The van der Waals surface area contributed by atoms with Gasteiger partial charge in [0, 0.05) is 9.79 Å². The number of fused-ring (bicyclic) bond motifs is 1. The van der Waals surface area contributed by atoms with Gasteiger partial charge in [0.25, 0.3) is 0 Å². The lowest BCUT2D eigenvalue weighted by molar-refractivity contribution is 1.45. The third kappa shape index (κ3) is 5.27. The lowest BCUT2D eigenvalue weighted by atomic mass is 10.0. The molecule has 148 valence electrons. The topological polar surface area (TPSA) is 0 Å². The van der Waals surface area contributed by atoms with Gasteiger partial charge >= 0.3 is 0 Å². The SMILES string of the molecule is CSc1ccc(C=Cc2ccc3cc(C=Cc4ccc(SC)cc4)ccc3c2)cc1. The molecule has 0 spiro atoms. The monoisotopic (exact) mass is 424 g/mol. The fourth-order valence-corrected chi connectivity index (χ4v) is 4.12. The molecule has 0 aliphatic heterocycles. The molecule has 0 fully saturated rings. The third-order valence-corrected chi connectivity index (χ3v) is 6.54. The standard InChI is InChI=1S/C28H24S2/c1-29-27-15-9-21(10-16-27)3-5-23-7-13-26-20-24(8-14-25(26)19-23)6-4-22-11-17-28(30-2)18-12-22/h3-20H,1-2H3. The van der Waals surface area contributed by atoms with Gasteiger partial charge in [-0.1, -0.05) is 72.8 Å². The number of hydrogen-bond acceptors (Lipinski definition) is 2. The van der Waals surface area contributed by atoms with Crippen LogP contribution < -0.4 is 0 Å². The van der Waals surface area contributed by atoms with Gasteiger partial charge in [-0.05, 0) is 81.9 Å². The van der Waals surface area contributed by atoms with Crippen molar-refractivity contribution in [3.63, 3.8) is 0 Å². The van der Waals surface area contributed by atoms with Crippen molar-refractivity contribution in [1.82, 2.24) is 0 Å². The van der Waals surface area contributed by atoms with E-state index in [0.29, 0.717) is 0 Å². The van der Waals surface area contributed by atoms with Gasteiger partial charge in [-0.25, -0.2) is 0 Å². The maximum atomic E-state index is 2.25. The highest BCUT2D eigenvalue weighted by atomic mass is 32.2. The zero-order chi connectivity index (χ0) is 20.8. The van der Waals surface area contributed by atoms with Crippen molar-refractivity contribution in [3.8, 4) is 0 Å². The Morgan fingerprint density at radius 2 is 0.767 bits per heavy atom. The van der Waals surface area contributed by atoms with E-state index in [1.807, 2.05) is 0 Å². The van der Waals surface area contributed by atoms with Gasteiger partial charge in [0.15, 0.2) is 0 Å². The summed E-state index contributed by atoms with van der Waals surface area (Å²) in [4.78, 5) is 2.58. The Kier molecular flexibility index (Phi) is 6.78. The van der Waals surface area contributed by atoms with Gasteiger partial charge in [-0.15, -0.1) is 23.5 Å². The Balaban J connectivity index is 1.50. The summed E-state index contributed by atoms with van der Waals surface area (Å²) in [5, 5.41) is 2.52. The van der Waals surface area contributed by atoms with Crippen LogP contribution in [0.4, 0.5) is 0 Å². The first kappa shape index (κ1) is 20.6. The Bertz CT molecular complexity index is 1090. The predicted octanol–water partition coefficient (Wildman–Crippen LogP) is 8.62. The third-order valence-electron chi connectivity index (χ3n) is 5.06.